The van der Waals surface area contributed by atoms with Crippen molar-refractivity contribution >= 4 is 39.1 Å². The zero-order valence-electron chi connectivity index (χ0n) is 24.1. The molecule has 0 aromatic heterocycles. The Balaban J connectivity index is 2.08. The van der Waals surface area contributed by atoms with Gasteiger partial charge in [0, 0.05) is 17.6 Å². The molecule has 0 heterocycles. The van der Waals surface area contributed by atoms with Crippen molar-refractivity contribution in [2.75, 3.05) is 17.5 Å². The Morgan fingerprint density at radius 2 is 1.66 bits per heavy atom. The zero-order chi connectivity index (χ0) is 30.2. The summed E-state index contributed by atoms with van der Waals surface area (Å²) in [5.41, 5.74) is 2.04. The molecule has 10 heteroatoms. The average Bonchev–Trinajstić information content (AvgIpc) is 2.95. The first-order chi connectivity index (χ1) is 19.5. The van der Waals surface area contributed by atoms with Crippen LogP contribution in [0.5, 0.6) is 5.75 Å². The van der Waals surface area contributed by atoms with E-state index in [0.717, 1.165) is 21.9 Å². The standard InChI is InChI=1S/C31H38ClN3O5S/c1-6-23(4)33-31(37)24(5)34(20-25-12-10-11-22(3)19-25)30(36)21-35(28-13-8-9-14-29(28)40-7-2)41(38,39)27-17-15-26(32)16-18-27/h8-19,23-24H,6-7,20-21H2,1-5H3,(H,33,37)/t23-,24-/m0/s1. The molecule has 1 N–H and O–H groups in total. The molecule has 0 aliphatic heterocycles. The van der Waals surface area contributed by atoms with E-state index in [1.807, 2.05) is 45.0 Å². The summed E-state index contributed by atoms with van der Waals surface area (Å²) in [6.07, 6.45) is 0.728. The first kappa shape index (κ1) is 32.0. The smallest absolute Gasteiger partial charge is 0.264 e. The maximum absolute atomic E-state index is 14.1. The minimum Gasteiger partial charge on any atom is -0.492 e. The van der Waals surface area contributed by atoms with Crippen molar-refractivity contribution < 1.29 is 22.7 Å². The molecule has 2 amide bonds. The van der Waals surface area contributed by atoms with Gasteiger partial charge in [-0.2, -0.15) is 0 Å². The molecule has 0 fully saturated rings. The number of carbonyl (C=O) groups excluding carboxylic acids is 2. The number of hydrogen-bond acceptors (Lipinski definition) is 5. The van der Waals surface area contributed by atoms with Crippen molar-refractivity contribution in [2.24, 2.45) is 0 Å². The van der Waals surface area contributed by atoms with Crippen LogP contribution in [0.4, 0.5) is 5.69 Å². The van der Waals surface area contributed by atoms with Crippen molar-refractivity contribution in [3.8, 4) is 5.75 Å². The number of amides is 2. The number of hydrogen-bond donors (Lipinski definition) is 1. The summed E-state index contributed by atoms with van der Waals surface area (Å²) in [4.78, 5) is 28.7. The lowest BCUT2D eigenvalue weighted by Crippen LogP contribution is -2.52. The van der Waals surface area contributed by atoms with Gasteiger partial charge in [-0.15, -0.1) is 0 Å². The Morgan fingerprint density at radius 3 is 2.29 bits per heavy atom. The van der Waals surface area contributed by atoms with Crippen LogP contribution in [0.3, 0.4) is 0 Å². The van der Waals surface area contributed by atoms with Gasteiger partial charge in [-0.05, 0) is 76.1 Å². The number of rotatable bonds is 13. The molecule has 3 aromatic rings. The van der Waals surface area contributed by atoms with Gasteiger partial charge in [0.05, 0.1) is 17.2 Å². The molecule has 0 bridgehead atoms. The molecule has 0 saturated heterocycles. The van der Waals surface area contributed by atoms with Gasteiger partial charge in [0.1, 0.15) is 18.3 Å². The molecule has 0 unspecified atom stereocenters. The first-order valence-electron chi connectivity index (χ1n) is 13.6. The van der Waals surface area contributed by atoms with E-state index < -0.39 is 28.5 Å². The van der Waals surface area contributed by atoms with E-state index >= 15 is 0 Å². The Morgan fingerprint density at radius 1 is 0.976 bits per heavy atom. The summed E-state index contributed by atoms with van der Waals surface area (Å²) in [7, 11) is -4.24. The summed E-state index contributed by atoms with van der Waals surface area (Å²) < 4.78 is 34.8. The largest absolute Gasteiger partial charge is 0.492 e. The zero-order valence-corrected chi connectivity index (χ0v) is 25.7. The first-order valence-corrected chi connectivity index (χ1v) is 15.4. The molecular formula is C31H38ClN3O5S. The predicted octanol–water partition coefficient (Wildman–Crippen LogP) is 5.57. The molecule has 0 aliphatic rings. The highest BCUT2D eigenvalue weighted by Gasteiger charge is 2.34. The molecule has 0 radical (unpaired) electrons. The number of anilines is 1. The number of halogens is 1. The van der Waals surface area contributed by atoms with E-state index in [1.54, 1.807) is 38.1 Å². The van der Waals surface area contributed by atoms with E-state index in [0.29, 0.717) is 17.4 Å². The molecule has 3 aromatic carbocycles. The minimum absolute atomic E-state index is 0.0335. The number of ether oxygens (including phenoxy) is 1. The van der Waals surface area contributed by atoms with E-state index in [-0.39, 0.29) is 29.1 Å². The molecule has 0 aliphatic carbocycles. The van der Waals surface area contributed by atoms with Gasteiger partial charge in [-0.25, -0.2) is 8.42 Å². The number of benzene rings is 3. The lowest BCUT2D eigenvalue weighted by Gasteiger charge is -2.33. The van der Waals surface area contributed by atoms with Crippen molar-refractivity contribution in [3.05, 3.63) is 88.9 Å². The van der Waals surface area contributed by atoms with Crippen molar-refractivity contribution in [2.45, 2.75) is 64.6 Å². The Hall–Kier alpha value is -3.56. The minimum atomic E-state index is -4.24. The van der Waals surface area contributed by atoms with E-state index in [2.05, 4.69) is 5.32 Å². The number of nitrogens with zero attached hydrogens (tertiary/aromatic N) is 2. The normalized spacial score (nSPS) is 12.7. The summed E-state index contributed by atoms with van der Waals surface area (Å²) in [6, 6.07) is 19.1. The third-order valence-corrected chi connectivity index (χ3v) is 8.74. The molecule has 0 spiro atoms. The summed E-state index contributed by atoms with van der Waals surface area (Å²) in [6.45, 7) is 9.10. The summed E-state index contributed by atoms with van der Waals surface area (Å²) >= 11 is 6.02. The van der Waals surface area contributed by atoms with Crippen molar-refractivity contribution in [1.82, 2.24) is 10.2 Å². The van der Waals surface area contributed by atoms with Gasteiger partial charge in [-0.1, -0.05) is 60.5 Å². The quantitative estimate of drug-likeness (QED) is 0.277. The summed E-state index contributed by atoms with van der Waals surface area (Å²) in [5, 5.41) is 3.32. The van der Waals surface area contributed by atoms with Crippen LogP contribution in [-0.2, 0) is 26.2 Å². The molecule has 0 saturated carbocycles. The lowest BCUT2D eigenvalue weighted by molar-refractivity contribution is -0.139. The maximum atomic E-state index is 14.1. The fourth-order valence-electron chi connectivity index (χ4n) is 4.24. The molecular weight excluding hydrogens is 562 g/mol. The fraction of sp³-hybridized carbons (Fsp3) is 0.355. The highest BCUT2D eigenvalue weighted by molar-refractivity contribution is 7.92. The number of carbonyl (C=O) groups is 2. The molecule has 41 heavy (non-hydrogen) atoms. The second-order valence-corrected chi connectivity index (χ2v) is 12.2. The van der Waals surface area contributed by atoms with Crippen LogP contribution in [0.2, 0.25) is 5.02 Å². The second-order valence-electron chi connectivity index (χ2n) is 9.87. The third-order valence-electron chi connectivity index (χ3n) is 6.72. The third kappa shape index (κ3) is 8.24. The lowest BCUT2D eigenvalue weighted by atomic mass is 10.1. The topological polar surface area (TPSA) is 96.0 Å². The molecule has 3 rings (SSSR count). The van der Waals surface area contributed by atoms with Gasteiger partial charge >= 0.3 is 0 Å². The predicted molar refractivity (Wildman–Crippen MR) is 163 cm³/mol. The van der Waals surface area contributed by atoms with Crippen LogP contribution in [0.1, 0.15) is 45.2 Å². The van der Waals surface area contributed by atoms with E-state index in [1.165, 1.54) is 29.2 Å². The maximum Gasteiger partial charge on any atom is 0.264 e. The van der Waals surface area contributed by atoms with Gasteiger partial charge in [-0.3, -0.25) is 13.9 Å². The summed E-state index contributed by atoms with van der Waals surface area (Å²) in [5.74, 6) is -0.544. The van der Waals surface area contributed by atoms with Crippen LogP contribution in [-0.4, -0.2) is 50.4 Å². The van der Waals surface area contributed by atoms with Gasteiger partial charge in [0.2, 0.25) is 11.8 Å². The monoisotopic (exact) mass is 599 g/mol. The second kappa shape index (κ2) is 14.4. The SMILES string of the molecule is CCOc1ccccc1N(CC(=O)N(Cc1cccc(C)c1)[C@@H](C)C(=O)N[C@@H](C)CC)S(=O)(=O)c1ccc(Cl)cc1. The fourth-order valence-corrected chi connectivity index (χ4v) is 5.79. The Bertz CT molecular complexity index is 1450. The molecule has 220 valence electrons. The van der Waals surface area contributed by atoms with Crippen molar-refractivity contribution in [1.29, 1.82) is 0 Å². The Labute approximate surface area is 248 Å². The van der Waals surface area contributed by atoms with Gasteiger partial charge < -0.3 is 15.0 Å². The molecule has 8 nitrogen and oxygen atoms in total. The van der Waals surface area contributed by atoms with E-state index in [9.17, 15) is 18.0 Å². The number of aryl methyl sites for hydroxylation is 1. The van der Waals surface area contributed by atoms with Crippen LogP contribution >= 0.6 is 11.6 Å². The van der Waals surface area contributed by atoms with Gasteiger partial charge in [0.15, 0.2) is 0 Å². The van der Waals surface area contributed by atoms with Crippen LogP contribution in [0.15, 0.2) is 77.7 Å². The number of para-hydroxylation sites is 2. The van der Waals surface area contributed by atoms with E-state index in [4.69, 9.17) is 16.3 Å². The van der Waals surface area contributed by atoms with Gasteiger partial charge in [0.25, 0.3) is 10.0 Å². The number of nitrogens with one attached hydrogen (secondary N) is 1. The highest BCUT2D eigenvalue weighted by atomic mass is 35.5. The van der Waals surface area contributed by atoms with Crippen LogP contribution in [0, 0.1) is 6.92 Å². The van der Waals surface area contributed by atoms with Crippen LogP contribution in [0.25, 0.3) is 0 Å². The molecule has 2 atom stereocenters. The van der Waals surface area contributed by atoms with Crippen LogP contribution < -0.4 is 14.4 Å². The average molecular weight is 600 g/mol. The number of sulfonamides is 1. The highest BCUT2D eigenvalue weighted by Crippen LogP contribution is 2.33. The Kier molecular flexibility index (Phi) is 11.2. The van der Waals surface area contributed by atoms with Crippen molar-refractivity contribution in [3.63, 3.8) is 0 Å².